The topological polar surface area (TPSA) is 81.8 Å². The molecule has 0 aliphatic carbocycles. The van der Waals surface area contributed by atoms with Gasteiger partial charge in [0.2, 0.25) is 0 Å². The van der Waals surface area contributed by atoms with Gasteiger partial charge in [-0.05, 0) is 23.3 Å². The van der Waals surface area contributed by atoms with E-state index in [-0.39, 0.29) is 18.4 Å². The van der Waals surface area contributed by atoms with Crippen LogP contribution in [0.4, 0.5) is 4.39 Å². The molecule has 0 heterocycles. The van der Waals surface area contributed by atoms with Crippen molar-refractivity contribution in [3.05, 3.63) is 59.4 Å². The van der Waals surface area contributed by atoms with Gasteiger partial charge < -0.3 is 20.3 Å². The molecule has 2 aromatic rings. The lowest BCUT2D eigenvalue weighted by Crippen LogP contribution is -2.52. The van der Waals surface area contributed by atoms with Gasteiger partial charge in [0.15, 0.2) is 0 Å². The van der Waals surface area contributed by atoms with E-state index >= 15 is 0 Å². The van der Waals surface area contributed by atoms with Crippen molar-refractivity contribution in [2.75, 3.05) is 14.2 Å². The van der Waals surface area contributed by atoms with Crippen molar-refractivity contribution in [1.82, 2.24) is 0 Å². The number of hydrogen-bond donors (Lipinski definition) is 2. The van der Waals surface area contributed by atoms with Crippen molar-refractivity contribution < 1.29 is 23.8 Å². The number of ether oxygens (including phenoxy) is 2. The summed E-state index contributed by atoms with van der Waals surface area (Å²) in [5.41, 5.74) is 5.32. The molecule has 0 aromatic heterocycles. The van der Waals surface area contributed by atoms with Crippen LogP contribution in [0.1, 0.15) is 11.1 Å². The number of hydrogen-bond acceptors (Lipinski definition) is 4. The fourth-order valence-electron chi connectivity index (χ4n) is 2.53. The number of nitrogens with two attached hydrogens (primary N) is 1. The molecule has 0 amide bonds. The number of carboxylic acid groups (broad SMARTS) is 1. The average Bonchev–Trinajstić information content (AvgIpc) is 2.57. The van der Waals surface area contributed by atoms with E-state index in [0.29, 0.717) is 17.1 Å². The van der Waals surface area contributed by atoms with Crippen LogP contribution in [0.2, 0.25) is 0 Å². The lowest BCUT2D eigenvalue weighted by atomic mass is 9.85. The second-order valence-corrected chi connectivity index (χ2v) is 5.58. The van der Waals surface area contributed by atoms with Crippen molar-refractivity contribution in [2.45, 2.75) is 18.4 Å². The SMILES string of the molecule is COc1ccc(CC(N)(Cc2ccccc2F)C(=O)O)c(OC)c1. The molecule has 0 bridgehead atoms. The fraction of sp³-hybridized carbons (Fsp3) is 0.278. The second-order valence-electron chi connectivity index (χ2n) is 5.58. The van der Waals surface area contributed by atoms with E-state index in [1.54, 1.807) is 30.3 Å². The highest BCUT2D eigenvalue weighted by Crippen LogP contribution is 2.29. The molecular weight excluding hydrogens is 313 g/mol. The third-order valence-corrected chi connectivity index (χ3v) is 3.89. The summed E-state index contributed by atoms with van der Waals surface area (Å²) in [5, 5.41) is 9.60. The van der Waals surface area contributed by atoms with E-state index in [0.717, 1.165) is 0 Å². The highest BCUT2D eigenvalue weighted by atomic mass is 19.1. The molecule has 24 heavy (non-hydrogen) atoms. The number of rotatable bonds is 7. The molecule has 0 saturated carbocycles. The fourth-order valence-corrected chi connectivity index (χ4v) is 2.53. The largest absolute Gasteiger partial charge is 0.497 e. The van der Waals surface area contributed by atoms with Crippen LogP contribution in [-0.4, -0.2) is 30.8 Å². The maximum absolute atomic E-state index is 13.9. The van der Waals surface area contributed by atoms with Gasteiger partial charge in [-0.2, -0.15) is 0 Å². The molecule has 1 atom stereocenters. The molecule has 0 spiro atoms. The Bertz CT molecular complexity index is 735. The summed E-state index contributed by atoms with van der Waals surface area (Å²) < 4.78 is 24.3. The van der Waals surface area contributed by atoms with Gasteiger partial charge in [-0.1, -0.05) is 24.3 Å². The molecular formula is C18H20FNO4. The maximum atomic E-state index is 13.9. The number of carboxylic acids is 1. The minimum atomic E-state index is -1.66. The minimum Gasteiger partial charge on any atom is -0.497 e. The van der Waals surface area contributed by atoms with Crippen LogP contribution in [0.3, 0.4) is 0 Å². The molecule has 0 saturated heterocycles. The maximum Gasteiger partial charge on any atom is 0.324 e. The van der Waals surface area contributed by atoms with Crippen molar-refractivity contribution in [3.63, 3.8) is 0 Å². The molecule has 2 aromatic carbocycles. The lowest BCUT2D eigenvalue weighted by Gasteiger charge is -2.26. The number of carbonyl (C=O) groups is 1. The Morgan fingerprint density at radius 3 is 2.38 bits per heavy atom. The molecule has 3 N–H and O–H groups in total. The van der Waals surface area contributed by atoms with Crippen LogP contribution >= 0.6 is 0 Å². The molecule has 0 fully saturated rings. The number of methoxy groups -OCH3 is 2. The highest BCUT2D eigenvalue weighted by molar-refractivity contribution is 5.79. The molecule has 0 aliphatic heterocycles. The Kier molecular flexibility index (Phi) is 5.41. The predicted molar refractivity (Wildman–Crippen MR) is 87.9 cm³/mol. The van der Waals surface area contributed by atoms with E-state index in [9.17, 15) is 14.3 Å². The first kappa shape index (κ1) is 17.7. The molecule has 1 unspecified atom stereocenters. The number of aliphatic carboxylic acids is 1. The first-order valence-corrected chi connectivity index (χ1v) is 7.36. The van der Waals surface area contributed by atoms with Crippen LogP contribution in [0, 0.1) is 5.82 Å². The highest BCUT2D eigenvalue weighted by Gasteiger charge is 2.36. The van der Waals surface area contributed by atoms with E-state index in [1.165, 1.54) is 26.4 Å². The van der Waals surface area contributed by atoms with Crippen molar-refractivity contribution in [3.8, 4) is 11.5 Å². The van der Waals surface area contributed by atoms with Crippen LogP contribution in [0.15, 0.2) is 42.5 Å². The zero-order valence-electron chi connectivity index (χ0n) is 13.6. The Morgan fingerprint density at radius 1 is 1.12 bits per heavy atom. The van der Waals surface area contributed by atoms with Crippen LogP contribution in [0.5, 0.6) is 11.5 Å². The Morgan fingerprint density at radius 2 is 1.79 bits per heavy atom. The second kappa shape index (κ2) is 7.31. The van der Waals surface area contributed by atoms with Gasteiger partial charge >= 0.3 is 5.97 Å². The molecule has 6 heteroatoms. The minimum absolute atomic E-state index is 0.0101. The van der Waals surface area contributed by atoms with Gasteiger partial charge in [0, 0.05) is 18.9 Å². The van der Waals surface area contributed by atoms with E-state index in [2.05, 4.69) is 0 Å². The Balaban J connectivity index is 2.35. The molecule has 5 nitrogen and oxygen atoms in total. The normalized spacial score (nSPS) is 13.2. The summed E-state index contributed by atoms with van der Waals surface area (Å²) in [5.74, 6) is -0.625. The average molecular weight is 333 g/mol. The molecule has 0 aliphatic rings. The van der Waals surface area contributed by atoms with Gasteiger partial charge in [0.05, 0.1) is 14.2 Å². The van der Waals surface area contributed by atoms with Crippen molar-refractivity contribution in [2.24, 2.45) is 5.73 Å². The first-order valence-electron chi connectivity index (χ1n) is 7.36. The standard InChI is InChI=1S/C18H20FNO4/c1-23-14-8-7-13(16(9-14)24-2)11-18(20,17(21)22)10-12-5-3-4-6-15(12)19/h3-9H,10-11,20H2,1-2H3,(H,21,22). The summed E-state index contributed by atoms with van der Waals surface area (Å²) in [6.07, 6.45) is -0.145. The van der Waals surface area contributed by atoms with Gasteiger partial charge in [0.25, 0.3) is 0 Å². The number of halogens is 1. The van der Waals surface area contributed by atoms with Crippen molar-refractivity contribution >= 4 is 5.97 Å². The van der Waals surface area contributed by atoms with Gasteiger partial charge in [-0.15, -0.1) is 0 Å². The van der Waals surface area contributed by atoms with E-state index < -0.39 is 17.3 Å². The summed E-state index contributed by atoms with van der Waals surface area (Å²) >= 11 is 0. The quantitative estimate of drug-likeness (QED) is 0.813. The van der Waals surface area contributed by atoms with Crippen molar-refractivity contribution in [1.29, 1.82) is 0 Å². The van der Waals surface area contributed by atoms with Crippen LogP contribution in [-0.2, 0) is 17.6 Å². The van der Waals surface area contributed by atoms with Gasteiger partial charge in [-0.25, -0.2) is 4.39 Å². The molecule has 0 radical (unpaired) electrons. The predicted octanol–water partition coefficient (Wildman–Crippen LogP) is 2.41. The summed E-state index contributed by atoms with van der Waals surface area (Å²) in [6, 6.07) is 11.1. The summed E-state index contributed by atoms with van der Waals surface area (Å²) in [6.45, 7) is 0. The Labute approximate surface area is 139 Å². The summed E-state index contributed by atoms with van der Waals surface area (Å²) in [7, 11) is 3.01. The third-order valence-electron chi connectivity index (χ3n) is 3.89. The smallest absolute Gasteiger partial charge is 0.324 e. The van der Waals surface area contributed by atoms with Crippen LogP contribution < -0.4 is 15.2 Å². The third kappa shape index (κ3) is 3.83. The molecule has 2 rings (SSSR count). The van der Waals surface area contributed by atoms with E-state index in [4.69, 9.17) is 15.2 Å². The van der Waals surface area contributed by atoms with E-state index in [1.807, 2.05) is 0 Å². The monoisotopic (exact) mass is 333 g/mol. The number of benzene rings is 2. The van der Waals surface area contributed by atoms with Crippen LogP contribution in [0.25, 0.3) is 0 Å². The lowest BCUT2D eigenvalue weighted by molar-refractivity contribution is -0.143. The van der Waals surface area contributed by atoms with Gasteiger partial charge in [-0.3, -0.25) is 4.79 Å². The zero-order chi connectivity index (χ0) is 17.7. The first-order chi connectivity index (χ1) is 11.4. The molecule has 128 valence electrons. The summed E-state index contributed by atoms with van der Waals surface area (Å²) in [4.78, 5) is 11.8. The van der Waals surface area contributed by atoms with Gasteiger partial charge in [0.1, 0.15) is 22.9 Å². The Hall–Kier alpha value is -2.60. The zero-order valence-corrected chi connectivity index (χ0v) is 13.6.